The quantitative estimate of drug-likeness (QED) is 0.155. The fourth-order valence-electron chi connectivity index (χ4n) is 4.15. The first kappa shape index (κ1) is 23.4. The van der Waals surface area contributed by atoms with E-state index in [4.69, 9.17) is 16.5 Å². The Hall–Kier alpha value is -1.72. The highest BCUT2D eigenvalue weighted by atomic mass is 32.2. The molecule has 2 saturated carbocycles. The molecule has 2 aliphatic carbocycles. The molecule has 2 aromatic rings. The molecule has 10 heteroatoms. The van der Waals surface area contributed by atoms with Crippen molar-refractivity contribution >= 4 is 52.3 Å². The maximum Gasteiger partial charge on any atom is 0.321 e. The summed E-state index contributed by atoms with van der Waals surface area (Å²) in [5.41, 5.74) is 12.3. The molecule has 1 aromatic carbocycles. The van der Waals surface area contributed by atoms with Crippen LogP contribution in [0.5, 0.6) is 0 Å². The Morgan fingerprint density at radius 1 is 1.25 bits per heavy atom. The molecule has 170 valence electrons. The molecule has 4 rings (SSSR count). The third kappa shape index (κ3) is 5.79. The number of nitrogens with zero attached hydrogens (tertiary/aromatic N) is 3. The molecule has 6 N–H and O–H groups in total. The minimum absolute atomic E-state index is 0.0987. The van der Waals surface area contributed by atoms with Crippen LogP contribution in [0.1, 0.15) is 49.5 Å². The lowest BCUT2D eigenvalue weighted by atomic mass is 9.78. The van der Waals surface area contributed by atoms with E-state index in [0.29, 0.717) is 23.0 Å². The van der Waals surface area contributed by atoms with Crippen LogP contribution in [0, 0.1) is 0 Å². The maximum absolute atomic E-state index is 6.67. The van der Waals surface area contributed by atoms with E-state index < -0.39 is 0 Å². The molecular weight excluding hydrogens is 437 g/mol. The number of hydrogen-bond donors (Lipinski definition) is 4. The van der Waals surface area contributed by atoms with Crippen LogP contribution >= 0.6 is 22.9 Å². The van der Waals surface area contributed by atoms with Gasteiger partial charge >= 0.3 is 6.13 Å². The number of aromatic nitrogens is 1. The predicted octanol–water partition coefficient (Wildman–Crippen LogP) is 2.80. The SMILES string of the molecule is CN=CC(=Nc1ccc(-c2cnc(C3CCC(NC)CC3)s2)c(B(N)SC2CC2)c1)NN. The van der Waals surface area contributed by atoms with E-state index in [1.165, 1.54) is 48.4 Å². The second-order valence-corrected chi connectivity index (χ2v) is 11.0. The van der Waals surface area contributed by atoms with E-state index in [2.05, 4.69) is 39.9 Å². The molecule has 7 nitrogen and oxygen atoms in total. The molecule has 0 bridgehead atoms. The largest absolute Gasteiger partial charge is 0.356 e. The van der Waals surface area contributed by atoms with Gasteiger partial charge in [0.1, 0.15) is 0 Å². The van der Waals surface area contributed by atoms with Crippen LogP contribution in [0.2, 0.25) is 0 Å². The Kier molecular flexibility index (Phi) is 8.01. The zero-order valence-electron chi connectivity index (χ0n) is 18.8. The van der Waals surface area contributed by atoms with Crippen molar-refractivity contribution in [2.24, 2.45) is 21.5 Å². The number of thiazole rings is 1. The van der Waals surface area contributed by atoms with E-state index in [1.807, 2.05) is 35.2 Å². The minimum atomic E-state index is -0.0987. The molecule has 0 radical (unpaired) electrons. The van der Waals surface area contributed by atoms with Gasteiger partial charge < -0.3 is 16.4 Å². The first-order valence-corrected chi connectivity index (χ1v) is 13.0. The molecule has 0 atom stereocenters. The van der Waals surface area contributed by atoms with Gasteiger partial charge in [-0.05, 0) is 74.0 Å². The number of nitrogens with two attached hydrogens (primary N) is 2. The van der Waals surface area contributed by atoms with Crippen molar-refractivity contribution < 1.29 is 0 Å². The fourth-order valence-corrected chi connectivity index (χ4v) is 6.45. The van der Waals surface area contributed by atoms with E-state index in [9.17, 15) is 0 Å². The van der Waals surface area contributed by atoms with Gasteiger partial charge in [-0.1, -0.05) is 6.07 Å². The third-order valence-electron chi connectivity index (χ3n) is 6.13. The first-order chi connectivity index (χ1) is 15.6. The van der Waals surface area contributed by atoms with Gasteiger partial charge in [-0.3, -0.25) is 4.99 Å². The number of hydrazine groups is 1. The Morgan fingerprint density at radius 3 is 2.69 bits per heavy atom. The molecule has 2 aliphatic rings. The van der Waals surface area contributed by atoms with Crippen molar-refractivity contribution in [2.75, 3.05) is 14.1 Å². The van der Waals surface area contributed by atoms with Gasteiger partial charge in [0.15, 0.2) is 5.84 Å². The molecule has 0 saturated heterocycles. The van der Waals surface area contributed by atoms with E-state index in [0.717, 1.165) is 16.7 Å². The topological polar surface area (TPSA) is 114 Å². The average molecular weight is 469 g/mol. The predicted molar refractivity (Wildman–Crippen MR) is 141 cm³/mol. The van der Waals surface area contributed by atoms with E-state index >= 15 is 0 Å². The molecule has 0 amide bonds. The summed E-state index contributed by atoms with van der Waals surface area (Å²) in [6, 6.07) is 6.85. The van der Waals surface area contributed by atoms with Gasteiger partial charge in [0.25, 0.3) is 0 Å². The summed E-state index contributed by atoms with van der Waals surface area (Å²) in [7, 11) is 3.75. The number of amidine groups is 1. The van der Waals surface area contributed by atoms with Crippen LogP contribution in [0.3, 0.4) is 0 Å². The number of benzene rings is 1. The van der Waals surface area contributed by atoms with E-state index in [-0.39, 0.29) is 6.13 Å². The lowest BCUT2D eigenvalue weighted by molar-refractivity contribution is 0.358. The monoisotopic (exact) mass is 469 g/mol. The van der Waals surface area contributed by atoms with Gasteiger partial charge in [-0.15, -0.1) is 11.3 Å². The van der Waals surface area contributed by atoms with Crippen LogP contribution in [-0.2, 0) is 0 Å². The second-order valence-electron chi connectivity index (χ2n) is 8.46. The van der Waals surface area contributed by atoms with Crippen molar-refractivity contribution in [3.05, 3.63) is 29.4 Å². The molecule has 0 aliphatic heterocycles. The number of rotatable bonds is 8. The molecule has 0 spiro atoms. The second kappa shape index (κ2) is 10.9. The van der Waals surface area contributed by atoms with Gasteiger partial charge in [0.2, 0.25) is 0 Å². The molecule has 0 unspecified atom stereocenters. The fraction of sp³-hybridized carbons (Fsp3) is 0.500. The highest BCUT2D eigenvalue weighted by molar-refractivity contribution is 8.27. The maximum atomic E-state index is 6.67. The summed E-state index contributed by atoms with van der Waals surface area (Å²) in [5.74, 6) is 6.65. The van der Waals surface area contributed by atoms with Crippen LogP contribution in [0.15, 0.2) is 34.4 Å². The third-order valence-corrected chi connectivity index (χ3v) is 8.72. The summed E-state index contributed by atoms with van der Waals surface area (Å²) in [5, 5.41) is 5.33. The van der Waals surface area contributed by atoms with Gasteiger partial charge in [-0.25, -0.2) is 15.8 Å². The Morgan fingerprint density at radius 2 is 2.03 bits per heavy atom. The van der Waals surface area contributed by atoms with Crippen molar-refractivity contribution in [1.82, 2.24) is 15.7 Å². The standard InChI is InChI=1S/C22H32BN7S2/c1-26-13-21(30-25)29-16-7-10-18(19(11-16)23(24)32-17-8-9-17)20-12-28-22(31-20)14-3-5-15(27-2)6-4-14/h7,10-15,17,27H,3-6,8-9,24-25H2,1-2H3,(H,29,30). The minimum Gasteiger partial charge on any atom is -0.356 e. The number of hydrogen-bond acceptors (Lipinski definition) is 8. The van der Waals surface area contributed by atoms with Crippen molar-refractivity contribution in [3.63, 3.8) is 0 Å². The van der Waals surface area contributed by atoms with Crippen molar-refractivity contribution in [3.8, 4) is 10.4 Å². The highest BCUT2D eigenvalue weighted by Gasteiger charge is 2.30. The number of nitrogens with one attached hydrogen (secondary N) is 2. The average Bonchev–Trinajstić information content (AvgIpc) is 3.50. The van der Waals surface area contributed by atoms with Crippen LogP contribution in [-0.4, -0.2) is 48.5 Å². The zero-order valence-corrected chi connectivity index (χ0v) is 20.4. The normalized spacial score (nSPS) is 21.8. The molecule has 1 heterocycles. The number of aliphatic imine (C=N–C) groups is 2. The Bertz CT molecular complexity index is 965. The van der Waals surface area contributed by atoms with Gasteiger partial charge in [0.05, 0.1) is 21.8 Å². The summed E-state index contributed by atoms with van der Waals surface area (Å²) >= 11 is 3.66. The van der Waals surface area contributed by atoms with E-state index in [1.54, 1.807) is 13.3 Å². The Balaban J connectivity index is 1.62. The molecule has 32 heavy (non-hydrogen) atoms. The highest BCUT2D eigenvalue weighted by Crippen LogP contribution is 2.39. The lowest BCUT2D eigenvalue weighted by Gasteiger charge is -2.26. The lowest BCUT2D eigenvalue weighted by Crippen LogP contribution is -2.38. The summed E-state index contributed by atoms with van der Waals surface area (Å²) in [6.45, 7) is 0. The summed E-state index contributed by atoms with van der Waals surface area (Å²) in [4.78, 5) is 14.6. The molecule has 2 fully saturated rings. The zero-order chi connectivity index (χ0) is 22.5. The van der Waals surface area contributed by atoms with Crippen LogP contribution in [0.25, 0.3) is 10.4 Å². The molecular formula is C22H32BN7S2. The van der Waals surface area contributed by atoms with Crippen LogP contribution in [0.4, 0.5) is 5.69 Å². The van der Waals surface area contributed by atoms with Gasteiger partial charge in [-0.2, -0.15) is 11.6 Å². The van der Waals surface area contributed by atoms with Crippen molar-refractivity contribution in [2.45, 2.75) is 55.7 Å². The summed E-state index contributed by atoms with van der Waals surface area (Å²) in [6.07, 6.45) is 10.9. The van der Waals surface area contributed by atoms with Crippen LogP contribution < -0.4 is 27.7 Å². The first-order valence-electron chi connectivity index (χ1n) is 11.3. The summed E-state index contributed by atoms with van der Waals surface area (Å²) < 4.78 is 0. The molecule has 1 aromatic heterocycles. The van der Waals surface area contributed by atoms with Crippen molar-refractivity contribution in [1.29, 1.82) is 0 Å². The van der Waals surface area contributed by atoms with Gasteiger partial charge in [0, 0.05) is 25.2 Å². The Labute approximate surface area is 198 Å². The smallest absolute Gasteiger partial charge is 0.321 e.